The number of H-pyrrole nitrogens is 1. The molecule has 13 heteroatoms. The fourth-order valence-corrected chi connectivity index (χ4v) is 4.64. The predicted molar refractivity (Wildman–Crippen MR) is 143 cm³/mol. The third kappa shape index (κ3) is 5.80. The third-order valence-corrected chi connectivity index (χ3v) is 6.77. The molecule has 220 valence electrons. The first kappa shape index (κ1) is 30.1. The first-order valence-electron chi connectivity index (χ1n) is 12.5. The van der Waals surface area contributed by atoms with E-state index in [4.69, 9.17) is 28.4 Å². The average Bonchev–Trinajstić information content (AvgIpc) is 3.44. The number of fused-ring (bicyclic) bond motifs is 1. The van der Waals surface area contributed by atoms with Crippen molar-refractivity contribution in [1.29, 1.82) is 0 Å². The first-order valence-corrected chi connectivity index (χ1v) is 12.5. The Morgan fingerprint density at radius 2 is 1.76 bits per heavy atom. The minimum atomic E-state index is -1.66. The van der Waals surface area contributed by atoms with Crippen molar-refractivity contribution in [2.75, 3.05) is 48.3 Å². The second kappa shape index (κ2) is 12.7. The summed E-state index contributed by atoms with van der Waals surface area (Å²) in [4.78, 5) is 13.5. The molecule has 3 aromatic rings. The van der Waals surface area contributed by atoms with E-state index in [2.05, 4.69) is 22.0 Å². The summed E-state index contributed by atoms with van der Waals surface area (Å²) in [6.45, 7) is -1.47. The third-order valence-electron chi connectivity index (χ3n) is 6.77. The lowest BCUT2D eigenvalue weighted by molar-refractivity contribution is -0.329. The van der Waals surface area contributed by atoms with E-state index in [1.807, 2.05) is 0 Å². The van der Waals surface area contributed by atoms with Crippen molar-refractivity contribution >= 4 is 16.7 Å². The maximum Gasteiger partial charge on any atom is 0.211 e. The molecule has 2 aromatic carbocycles. The summed E-state index contributed by atoms with van der Waals surface area (Å²) in [6, 6.07) is 6.42. The Hall–Kier alpha value is -3.90. The molecule has 4 atom stereocenters. The van der Waals surface area contributed by atoms with Gasteiger partial charge in [0.05, 0.1) is 53.3 Å². The van der Waals surface area contributed by atoms with Gasteiger partial charge in [-0.15, -0.1) is 0 Å². The Balaban J connectivity index is 1.63. The van der Waals surface area contributed by atoms with Crippen LogP contribution in [0.2, 0.25) is 0 Å². The van der Waals surface area contributed by atoms with Gasteiger partial charge in [0.1, 0.15) is 35.8 Å². The topological polar surface area (TPSA) is 182 Å². The zero-order chi connectivity index (χ0) is 29.7. The predicted octanol–water partition coefficient (Wildman–Crippen LogP) is 0.388. The van der Waals surface area contributed by atoms with Gasteiger partial charge in [-0.25, -0.2) is 0 Å². The quantitative estimate of drug-likeness (QED) is 0.167. The fourth-order valence-electron chi connectivity index (χ4n) is 4.64. The van der Waals surface area contributed by atoms with E-state index in [9.17, 15) is 25.2 Å². The Morgan fingerprint density at radius 3 is 2.34 bits per heavy atom. The summed E-state index contributed by atoms with van der Waals surface area (Å²) < 4.78 is 32.7. The normalized spacial score (nSPS) is 22.1. The molecular weight excluding hydrogens is 540 g/mol. The summed E-state index contributed by atoms with van der Waals surface area (Å²) in [5, 5.41) is 47.0. The molecule has 4 rings (SSSR count). The number of aliphatic hydroxyl groups excluding tert-OH is 4. The molecule has 5 N–H and O–H groups in total. The number of aromatic amines is 1. The van der Waals surface area contributed by atoms with Crippen molar-refractivity contribution in [2.24, 2.45) is 0 Å². The van der Waals surface area contributed by atoms with Gasteiger partial charge < -0.3 is 48.8 Å². The highest BCUT2D eigenvalue weighted by molar-refractivity contribution is 6.16. The number of carbonyl (C=O) groups excluding carboxylic acids is 1. The second-order valence-corrected chi connectivity index (χ2v) is 9.14. The molecule has 1 fully saturated rings. The molecular formula is C28H32N2O11. The van der Waals surface area contributed by atoms with Crippen LogP contribution in [0.15, 0.2) is 24.3 Å². The number of aliphatic hydroxyl groups is 4. The lowest BCUT2D eigenvalue weighted by Gasteiger charge is -2.43. The first-order chi connectivity index (χ1) is 19.8. The van der Waals surface area contributed by atoms with Gasteiger partial charge in [0.2, 0.25) is 11.5 Å². The van der Waals surface area contributed by atoms with E-state index in [0.29, 0.717) is 39.5 Å². The van der Waals surface area contributed by atoms with Crippen LogP contribution in [0.3, 0.4) is 0 Å². The minimum absolute atomic E-state index is 0.202. The van der Waals surface area contributed by atoms with Gasteiger partial charge >= 0.3 is 0 Å². The Morgan fingerprint density at radius 1 is 1.07 bits per heavy atom. The lowest BCUT2D eigenvalue weighted by atomic mass is 9.96. The van der Waals surface area contributed by atoms with Gasteiger partial charge in [-0.05, 0) is 24.3 Å². The second-order valence-electron chi connectivity index (χ2n) is 9.14. The van der Waals surface area contributed by atoms with Crippen LogP contribution in [0.4, 0.5) is 0 Å². The molecule has 1 aliphatic rings. The van der Waals surface area contributed by atoms with Crippen molar-refractivity contribution in [1.82, 2.24) is 10.2 Å². The number of carbonyl (C=O) groups is 1. The fraction of sp³-hybridized carbons (Fsp3) is 0.429. The highest BCUT2D eigenvalue weighted by Gasteiger charge is 2.46. The lowest BCUT2D eigenvalue weighted by Crippen LogP contribution is -2.58. The number of ether oxygens (including phenoxy) is 6. The molecule has 0 radical (unpaired) electrons. The summed E-state index contributed by atoms with van der Waals surface area (Å²) in [6.07, 6.45) is -3.97. The monoisotopic (exact) mass is 572 g/mol. The van der Waals surface area contributed by atoms with Crippen molar-refractivity contribution in [3.63, 3.8) is 0 Å². The number of ketones is 1. The summed E-state index contributed by atoms with van der Waals surface area (Å²) in [5.74, 6) is 5.09. The number of aromatic nitrogens is 2. The molecule has 1 aromatic heterocycles. The zero-order valence-electron chi connectivity index (χ0n) is 23.0. The minimum Gasteiger partial charge on any atom is -0.495 e. The van der Waals surface area contributed by atoms with Crippen molar-refractivity contribution < 1.29 is 53.6 Å². The van der Waals surface area contributed by atoms with Crippen LogP contribution in [0.5, 0.6) is 23.0 Å². The van der Waals surface area contributed by atoms with Gasteiger partial charge in [-0.3, -0.25) is 9.89 Å². The summed E-state index contributed by atoms with van der Waals surface area (Å²) in [5.41, 5.74) is 1.23. The molecule has 13 nitrogen and oxygen atoms in total. The van der Waals surface area contributed by atoms with E-state index < -0.39 is 37.3 Å². The van der Waals surface area contributed by atoms with Crippen LogP contribution in [-0.2, 0) is 9.47 Å². The van der Waals surface area contributed by atoms with E-state index in [0.717, 1.165) is 0 Å². The molecule has 1 aliphatic heterocycles. The van der Waals surface area contributed by atoms with E-state index in [1.54, 1.807) is 24.3 Å². The molecule has 0 spiro atoms. The van der Waals surface area contributed by atoms with Crippen molar-refractivity contribution in [3.8, 4) is 34.8 Å². The van der Waals surface area contributed by atoms with Gasteiger partial charge in [0.15, 0.2) is 17.3 Å². The summed E-state index contributed by atoms with van der Waals surface area (Å²) in [7, 11) is 5.85. The summed E-state index contributed by atoms with van der Waals surface area (Å²) >= 11 is 0. The maximum absolute atomic E-state index is 13.5. The van der Waals surface area contributed by atoms with Gasteiger partial charge in [0.25, 0.3) is 0 Å². The Bertz CT molecular complexity index is 1440. The van der Waals surface area contributed by atoms with Crippen LogP contribution in [0.25, 0.3) is 10.9 Å². The largest absolute Gasteiger partial charge is 0.495 e. The zero-order valence-corrected chi connectivity index (χ0v) is 23.0. The number of benzene rings is 2. The van der Waals surface area contributed by atoms with Gasteiger partial charge in [0, 0.05) is 17.4 Å². The molecule has 1 saturated heterocycles. The molecule has 41 heavy (non-hydrogen) atoms. The van der Waals surface area contributed by atoms with E-state index in [-0.39, 0.29) is 30.1 Å². The molecule has 0 aliphatic carbocycles. The van der Waals surface area contributed by atoms with Crippen LogP contribution < -0.4 is 18.9 Å². The molecule has 0 amide bonds. The van der Waals surface area contributed by atoms with E-state index >= 15 is 0 Å². The van der Waals surface area contributed by atoms with Gasteiger partial charge in [-0.1, -0.05) is 11.8 Å². The Kier molecular flexibility index (Phi) is 9.34. The molecule has 2 heterocycles. The van der Waals surface area contributed by atoms with Crippen molar-refractivity contribution in [2.45, 2.75) is 30.5 Å². The number of nitrogens with one attached hydrogen (secondary N) is 1. The number of hydrogen-bond acceptors (Lipinski definition) is 12. The number of nitrogens with zero attached hydrogens (tertiary/aromatic N) is 1. The Labute approximate surface area is 235 Å². The number of hydrogen-bond donors (Lipinski definition) is 5. The van der Waals surface area contributed by atoms with E-state index in [1.165, 1.54) is 28.4 Å². The number of methoxy groups -OCH3 is 4. The average molecular weight is 573 g/mol. The van der Waals surface area contributed by atoms with Crippen LogP contribution in [-0.4, -0.2) is 109 Å². The highest BCUT2D eigenvalue weighted by atomic mass is 16.7. The van der Waals surface area contributed by atoms with Crippen molar-refractivity contribution in [3.05, 3.63) is 41.1 Å². The number of rotatable bonds is 10. The van der Waals surface area contributed by atoms with Crippen LogP contribution in [0, 0.1) is 11.8 Å². The maximum atomic E-state index is 13.5. The van der Waals surface area contributed by atoms with Crippen LogP contribution in [0.1, 0.15) is 28.0 Å². The smallest absolute Gasteiger partial charge is 0.211 e. The standard InChI is InChI=1S/C28H32N2O11/c1-36-19-8-7-17-23(16(19)6-5-9-40-28(14-32)12-18(33)26(35)22(13-31)41-28)29-30-24(17)25(34)15-10-20(37-2)27(39-4)21(11-15)38-3/h7-8,10-11,18,22,26,31-33,35H,9,12-14H2,1-4H3,(H,29,30)/t18?,22?,26-,28-/m0/s1. The molecule has 0 saturated carbocycles. The van der Waals surface area contributed by atoms with Gasteiger partial charge in [-0.2, -0.15) is 5.10 Å². The highest BCUT2D eigenvalue weighted by Crippen LogP contribution is 2.39. The van der Waals surface area contributed by atoms with Crippen LogP contribution >= 0.6 is 0 Å². The molecule has 0 bridgehead atoms. The molecule has 2 unspecified atom stereocenters. The SMILES string of the molecule is COc1cc(C(=O)c2[nH]nc3c(C#CCO[C@@]4(CO)CC(O)[C@H](O)C(CO)O4)c(OC)ccc23)cc(OC)c1OC.